The first-order valence-corrected chi connectivity index (χ1v) is 7.53. The van der Waals surface area contributed by atoms with Crippen molar-refractivity contribution in [3.63, 3.8) is 0 Å². The fourth-order valence-electron chi connectivity index (χ4n) is 1.81. The third kappa shape index (κ3) is 5.18. The molecule has 0 radical (unpaired) electrons. The van der Waals surface area contributed by atoms with E-state index in [-0.39, 0.29) is 0 Å². The zero-order valence-corrected chi connectivity index (χ0v) is 13.3. The van der Waals surface area contributed by atoms with Crippen LogP contribution in [-0.2, 0) is 6.61 Å². The van der Waals surface area contributed by atoms with Gasteiger partial charge in [-0.15, -0.1) is 0 Å². The molecule has 0 saturated heterocycles. The summed E-state index contributed by atoms with van der Waals surface area (Å²) in [6.07, 6.45) is 1.70. The Bertz CT molecular complexity index is 629. The van der Waals surface area contributed by atoms with E-state index in [1.807, 2.05) is 61.5 Å². The molecule has 2 aromatic carbocycles. The number of hydrogen-bond donors (Lipinski definition) is 2. The summed E-state index contributed by atoms with van der Waals surface area (Å²) < 4.78 is 5.86. The smallest absolute Gasteiger partial charge is 0.186 e. The van der Waals surface area contributed by atoms with Crippen LogP contribution in [0.15, 0.2) is 59.7 Å². The van der Waals surface area contributed by atoms with Gasteiger partial charge in [0, 0.05) is 12.1 Å². The number of ether oxygens (including phenoxy) is 1. The summed E-state index contributed by atoms with van der Waals surface area (Å²) in [4.78, 5) is 0. The molecule has 0 atom stereocenters. The molecule has 0 saturated carbocycles. The molecule has 0 amide bonds. The van der Waals surface area contributed by atoms with Gasteiger partial charge in [0.1, 0.15) is 12.4 Å². The molecule has 0 spiro atoms. The minimum absolute atomic E-state index is 0.501. The largest absolute Gasteiger partial charge is 0.488 e. The zero-order chi connectivity index (χ0) is 15.6. The molecule has 4 nitrogen and oxygen atoms in total. The van der Waals surface area contributed by atoms with E-state index < -0.39 is 0 Å². The highest BCUT2D eigenvalue weighted by molar-refractivity contribution is 7.80. The van der Waals surface area contributed by atoms with E-state index in [0.717, 1.165) is 23.4 Å². The lowest BCUT2D eigenvalue weighted by Crippen LogP contribution is -2.31. The van der Waals surface area contributed by atoms with Gasteiger partial charge in [-0.05, 0) is 36.8 Å². The molecule has 0 bridgehead atoms. The monoisotopic (exact) mass is 313 g/mol. The van der Waals surface area contributed by atoms with Gasteiger partial charge in [0.05, 0.1) is 6.21 Å². The van der Waals surface area contributed by atoms with Crippen molar-refractivity contribution in [3.05, 3.63) is 65.7 Å². The Balaban J connectivity index is 1.97. The van der Waals surface area contributed by atoms with Crippen molar-refractivity contribution in [2.24, 2.45) is 5.10 Å². The number of para-hydroxylation sites is 1. The molecule has 5 heteroatoms. The quantitative estimate of drug-likeness (QED) is 0.489. The van der Waals surface area contributed by atoms with Gasteiger partial charge in [-0.2, -0.15) is 5.10 Å². The minimum Gasteiger partial charge on any atom is -0.488 e. The number of nitrogens with zero attached hydrogens (tertiary/aromatic N) is 1. The van der Waals surface area contributed by atoms with E-state index in [9.17, 15) is 0 Å². The molecule has 2 aromatic rings. The SMILES string of the molecule is CCNC(=S)NN=Cc1ccccc1OCc1ccccc1. The van der Waals surface area contributed by atoms with E-state index in [1.165, 1.54) is 0 Å². The van der Waals surface area contributed by atoms with Crippen LogP contribution in [-0.4, -0.2) is 17.9 Å². The highest BCUT2D eigenvalue weighted by atomic mass is 32.1. The van der Waals surface area contributed by atoms with Crippen molar-refractivity contribution in [2.45, 2.75) is 13.5 Å². The van der Waals surface area contributed by atoms with Crippen LogP contribution in [0.3, 0.4) is 0 Å². The van der Waals surface area contributed by atoms with E-state index in [4.69, 9.17) is 17.0 Å². The summed E-state index contributed by atoms with van der Waals surface area (Å²) in [5.74, 6) is 0.784. The molecule has 0 aliphatic heterocycles. The van der Waals surface area contributed by atoms with Crippen LogP contribution < -0.4 is 15.5 Å². The Morgan fingerprint density at radius 1 is 1.14 bits per heavy atom. The van der Waals surface area contributed by atoms with Gasteiger partial charge < -0.3 is 10.1 Å². The normalized spacial score (nSPS) is 10.4. The molecule has 0 unspecified atom stereocenters. The summed E-state index contributed by atoms with van der Waals surface area (Å²) in [5.41, 5.74) is 4.79. The second-order valence-corrected chi connectivity index (χ2v) is 4.95. The van der Waals surface area contributed by atoms with Gasteiger partial charge in [-0.25, -0.2) is 0 Å². The number of rotatable bonds is 6. The third-order valence-electron chi connectivity index (χ3n) is 2.86. The second-order valence-electron chi connectivity index (χ2n) is 4.54. The summed E-state index contributed by atoms with van der Waals surface area (Å²) in [6, 6.07) is 17.8. The zero-order valence-electron chi connectivity index (χ0n) is 12.5. The second kappa shape index (κ2) is 8.79. The lowest BCUT2D eigenvalue weighted by Gasteiger charge is -2.09. The predicted molar refractivity (Wildman–Crippen MR) is 94.2 cm³/mol. The van der Waals surface area contributed by atoms with Crippen LogP contribution in [0.2, 0.25) is 0 Å². The van der Waals surface area contributed by atoms with Gasteiger partial charge in [0.15, 0.2) is 5.11 Å². The molecule has 114 valence electrons. The number of nitrogens with one attached hydrogen (secondary N) is 2. The fourth-order valence-corrected chi connectivity index (χ4v) is 2.01. The Hall–Kier alpha value is -2.40. The summed E-state index contributed by atoms with van der Waals surface area (Å²) in [7, 11) is 0. The van der Waals surface area contributed by atoms with Gasteiger partial charge in [-0.1, -0.05) is 42.5 Å². The summed E-state index contributed by atoms with van der Waals surface area (Å²) >= 11 is 5.05. The van der Waals surface area contributed by atoms with Crippen LogP contribution in [0.25, 0.3) is 0 Å². The van der Waals surface area contributed by atoms with Crippen molar-refractivity contribution in [1.29, 1.82) is 0 Å². The Labute approximate surface area is 136 Å². The lowest BCUT2D eigenvalue weighted by molar-refractivity contribution is 0.306. The van der Waals surface area contributed by atoms with Gasteiger partial charge >= 0.3 is 0 Å². The predicted octanol–water partition coefficient (Wildman–Crippen LogP) is 3.08. The molecule has 0 heterocycles. The van der Waals surface area contributed by atoms with Crippen LogP contribution in [0.1, 0.15) is 18.1 Å². The van der Waals surface area contributed by atoms with Gasteiger partial charge in [-0.3, -0.25) is 5.43 Å². The number of hydrazone groups is 1. The van der Waals surface area contributed by atoms with E-state index in [2.05, 4.69) is 15.8 Å². The first-order chi connectivity index (χ1) is 10.8. The maximum absolute atomic E-state index is 5.86. The van der Waals surface area contributed by atoms with Crippen molar-refractivity contribution in [3.8, 4) is 5.75 Å². The third-order valence-corrected chi connectivity index (χ3v) is 3.10. The average Bonchev–Trinajstić information content (AvgIpc) is 2.55. The van der Waals surface area contributed by atoms with Crippen molar-refractivity contribution < 1.29 is 4.74 Å². The Morgan fingerprint density at radius 3 is 2.64 bits per heavy atom. The maximum Gasteiger partial charge on any atom is 0.186 e. The molecule has 0 aliphatic rings. The van der Waals surface area contributed by atoms with E-state index in [1.54, 1.807) is 6.21 Å². The maximum atomic E-state index is 5.86. The van der Waals surface area contributed by atoms with Gasteiger partial charge in [0.2, 0.25) is 0 Å². The fraction of sp³-hybridized carbons (Fsp3) is 0.176. The first-order valence-electron chi connectivity index (χ1n) is 7.12. The molecular weight excluding hydrogens is 294 g/mol. The van der Waals surface area contributed by atoms with Crippen molar-refractivity contribution in [1.82, 2.24) is 10.7 Å². The summed E-state index contributed by atoms with van der Waals surface area (Å²) in [6.45, 7) is 3.26. The van der Waals surface area contributed by atoms with Crippen LogP contribution >= 0.6 is 12.2 Å². The van der Waals surface area contributed by atoms with Crippen LogP contribution in [0.5, 0.6) is 5.75 Å². The number of benzene rings is 2. The molecule has 0 aliphatic carbocycles. The molecule has 2 rings (SSSR count). The lowest BCUT2D eigenvalue weighted by atomic mass is 10.2. The molecule has 0 fully saturated rings. The van der Waals surface area contributed by atoms with Crippen molar-refractivity contribution >= 4 is 23.5 Å². The van der Waals surface area contributed by atoms with E-state index in [0.29, 0.717) is 11.7 Å². The number of thiocarbonyl (C=S) groups is 1. The summed E-state index contributed by atoms with van der Waals surface area (Å²) in [5, 5.41) is 7.59. The highest BCUT2D eigenvalue weighted by Crippen LogP contribution is 2.17. The average molecular weight is 313 g/mol. The number of hydrogen-bond acceptors (Lipinski definition) is 3. The van der Waals surface area contributed by atoms with Crippen LogP contribution in [0.4, 0.5) is 0 Å². The van der Waals surface area contributed by atoms with E-state index >= 15 is 0 Å². The molecule has 0 aromatic heterocycles. The molecular formula is C17H19N3OS. The first kappa shape index (κ1) is 16.0. The molecule has 22 heavy (non-hydrogen) atoms. The highest BCUT2D eigenvalue weighted by Gasteiger charge is 2.01. The van der Waals surface area contributed by atoms with Gasteiger partial charge in [0.25, 0.3) is 0 Å². The topological polar surface area (TPSA) is 45.7 Å². The van der Waals surface area contributed by atoms with Crippen molar-refractivity contribution in [2.75, 3.05) is 6.54 Å². The van der Waals surface area contributed by atoms with Crippen LogP contribution in [0, 0.1) is 0 Å². The Morgan fingerprint density at radius 2 is 1.86 bits per heavy atom. The Kier molecular flexibility index (Phi) is 6.39. The molecule has 2 N–H and O–H groups in total. The minimum atomic E-state index is 0.501. The standard InChI is InChI=1S/C17H19N3OS/c1-2-18-17(22)20-19-12-15-10-6-7-11-16(15)21-13-14-8-4-3-5-9-14/h3-12H,2,13H2,1H3,(H2,18,20,22).